The summed E-state index contributed by atoms with van der Waals surface area (Å²) in [6.07, 6.45) is 1.64. The lowest BCUT2D eigenvalue weighted by molar-refractivity contribution is -0.113. The van der Waals surface area contributed by atoms with Gasteiger partial charge >= 0.3 is 0 Å². The van der Waals surface area contributed by atoms with E-state index in [1.165, 1.54) is 23.1 Å². The Morgan fingerprint density at radius 1 is 1.36 bits per heavy atom. The Morgan fingerprint density at radius 3 is 2.77 bits per heavy atom. The molecule has 1 amide bonds. The quantitative estimate of drug-likeness (QED) is 0.574. The monoisotopic (exact) mass is 353 g/mol. The van der Waals surface area contributed by atoms with Crippen molar-refractivity contribution in [3.8, 4) is 0 Å². The Hall–Kier alpha value is -1.63. The summed E-state index contributed by atoms with van der Waals surface area (Å²) in [5.41, 5.74) is 0.438. The minimum atomic E-state index is -0.544. The lowest BCUT2D eigenvalue weighted by atomic mass is 10.2. The van der Waals surface area contributed by atoms with E-state index in [9.17, 15) is 9.18 Å². The number of thioether (sulfide) groups is 1. The molecule has 1 aromatic heterocycles. The Labute approximate surface area is 140 Å². The van der Waals surface area contributed by atoms with Gasteiger partial charge in [-0.25, -0.2) is 4.39 Å². The maximum atomic E-state index is 13.2. The summed E-state index contributed by atoms with van der Waals surface area (Å²) in [4.78, 5) is 14.3. The Morgan fingerprint density at radius 2 is 2.14 bits per heavy atom. The van der Waals surface area contributed by atoms with Gasteiger partial charge in [0.25, 0.3) is 5.91 Å². The van der Waals surface area contributed by atoms with Crippen LogP contribution < -0.4 is 4.90 Å². The van der Waals surface area contributed by atoms with Gasteiger partial charge < -0.3 is 4.42 Å². The number of anilines is 1. The number of aryl methyl sites for hydroxylation is 1. The number of benzene rings is 1. The van der Waals surface area contributed by atoms with Crippen LogP contribution in [0.5, 0.6) is 0 Å². The van der Waals surface area contributed by atoms with E-state index in [1.54, 1.807) is 12.1 Å². The molecule has 0 bridgehead atoms. The number of furan rings is 1. The van der Waals surface area contributed by atoms with Crippen LogP contribution in [0.1, 0.15) is 11.5 Å². The van der Waals surface area contributed by atoms with Gasteiger partial charge in [0.2, 0.25) is 0 Å². The van der Waals surface area contributed by atoms with Crippen molar-refractivity contribution in [1.29, 1.82) is 0 Å². The first-order valence-corrected chi connectivity index (χ1v) is 7.85. The molecule has 1 aliphatic rings. The fourth-order valence-corrected chi connectivity index (χ4v) is 3.43. The van der Waals surface area contributed by atoms with Gasteiger partial charge in [0.1, 0.15) is 17.3 Å². The Balaban J connectivity index is 1.94. The highest BCUT2D eigenvalue weighted by atomic mass is 35.5. The van der Waals surface area contributed by atoms with Crippen LogP contribution in [0.25, 0.3) is 6.08 Å². The summed E-state index contributed by atoms with van der Waals surface area (Å²) in [5, 5.41) is -0.0582. The SMILES string of the molecule is Cc1ccc(/C=C2/SC(=S)N(c3ccc(F)c(Cl)c3)C2=O)o1. The van der Waals surface area contributed by atoms with E-state index in [0.717, 1.165) is 17.5 Å². The van der Waals surface area contributed by atoms with E-state index in [0.29, 0.717) is 20.7 Å². The van der Waals surface area contributed by atoms with Gasteiger partial charge in [-0.05, 0) is 37.3 Å². The summed E-state index contributed by atoms with van der Waals surface area (Å²) in [7, 11) is 0. The summed E-state index contributed by atoms with van der Waals surface area (Å²) >= 11 is 12.2. The second-order valence-electron chi connectivity index (χ2n) is 4.56. The van der Waals surface area contributed by atoms with Crippen LogP contribution in [0.2, 0.25) is 5.02 Å². The first kappa shape index (κ1) is 15.3. The molecule has 1 aliphatic heterocycles. The highest BCUT2D eigenvalue weighted by Gasteiger charge is 2.33. The van der Waals surface area contributed by atoms with Crippen molar-refractivity contribution >= 4 is 57.6 Å². The van der Waals surface area contributed by atoms with Crippen LogP contribution in [-0.4, -0.2) is 10.2 Å². The minimum absolute atomic E-state index is 0.0582. The van der Waals surface area contributed by atoms with Crippen LogP contribution >= 0.6 is 35.6 Å². The number of carbonyl (C=O) groups excluding carboxylic acids is 1. The second-order valence-corrected chi connectivity index (χ2v) is 6.65. The van der Waals surface area contributed by atoms with Gasteiger partial charge in [-0.15, -0.1) is 0 Å². The molecule has 1 aromatic carbocycles. The molecule has 0 spiro atoms. The number of amides is 1. The predicted molar refractivity (Wildman–Crippen MR) is 90.5 cm³/mol. The number of rotatable bonds is 2. The molecule has 0 atom stereocenters. The number of carbonyl (C=O) groups is 1. The van der Waals surface area contributed by atoms with Crippen molar-refractivity contribution in [2.45, 2.75) is 6.92 Å². The smallest absolute Gasteiger partial charge is 0.270 e. The third kappa shape index (κ3) is 2.82. The minimum Gasteiger partial charge on any atom is -0.462 e. The van der Waals surface area contributed by atoms with E-state index in [2.05, 4.69) is 0 Å². The van der Waals surface area contributed by atoms with Gasteiger partial charge in [0.15, 0.2) is 4.32 Å². The highest BCUT2D eigenvalue weighted by Crippen LogP contribution is 2.37. The van der Waals surface area contributed by atoms with Crippen LogP contribution in [0, 0.1) is 12.7 Å². The van der Waals surface area contributed by atoms with Crippen LogP contribution in [-0.2, 0) is 4.79 Å². The van der Waals surface area contributed by atoms with Gasteiger partial charge in [0.05, 0.1) is 15.6 Å². The average Bonchev–Trinajstić information content (AvgIpc) is 2.98. The molecule has 0 saturated carbocycles. The lowest BCUT2D eigenvalue weighted by Gasteiger charge is -2.14. The first-order valence-electron chi connectivity index (χ1n) is 6.25. The zero-order chi connectivity index (χ0) is 15.9. The molecule has 112 valence electrons. The van der Waals surface area contributed by atoms with Crippen molar-refractivity contribution < 1.29 is 13.6 Å². The van der Waals surface area contributed by atoms with Crippen molar-refractivity contribution in [3.05, 3.63) is 57.6 Å². The summed E-state index contributed by atoms with van der Waals surface area (Å²) < 4.78 is 19.0. The van der Waals surface area contributed by atoms with E-state index in [4.69, 9.17) is 28.2 Å². The first-order chi connectivity index (χ1) is 10.5. The average molecular weight is 354 g/mol. The van der Waals surface area contributed by atoms with Gasteiger partial charge in [0, 0.05) is 6.08 Å². The van der Waals surface area contributed by atoms with Crippen LogP contribution in [0.4, 0.5) is 10.1 Å². The van der Waals surface area contributed by atoms with E-state index < -0.39 is 5.82 Å². The topological polar surface area (TPSA) is 33.5 Å². The van der Waals surface area contributed by atoms with E-state index in [-0.39, 0.29) is 10.9 Å². The predicted octanol–water partition coefficient (Wildman–Crippen LogP) is 4.79. The zero-order valence-corrected chi connectivity index (χ0v) is 13.7. The molecule has 1 saturated heterocycles. The van der Waals surface area contributed by atoms with Crippen molar-refractivity contribution in [1.82, 2.24) is 0 Å². The summed E-state index contributed by atoms with van der Waals surface area (Å²) in [6, 6.07) is 7.63. The normalized spacial score (nSPS) is 16.9. The number of thiocarbonyl (C=S) groups is 1. The third-order valence-electron chi connectivity index (χ3n) is 2.99. The fourth-order valence-electron chi connectivity index (χ4n) is 1.97. The molecule has 0 N–H and O–H groups in total. The molecule has 22 heavy (non-hydrogen) atoms. The highest BCUT2D eigenvalue weighted by molar-refractivity contribution is 8.27. The molecular weight excluding hydrogens is 345 g/mol. The van der Waals surface area contributed by atoms with Crippen molar-refractivity contribution in [2.75, 3.05) is 4.90 Å². The number of hydrogen-bond acceptors (Lipinski definition) is 4. The summed E-state index contributed by atoms with van der Waals surface area (Å²) in [5.74, 6) is 0.506. The second kappa shape index (κ2) is 5.87. The van der Waals surface area contributed by atoms with Crippen molar-refractivity contribution in [3.63, 3.8) is 0 Å². The third-order valence-corrected chi connectivity index (χ3v) is 4.58. The Bertz CT molecular complexity index is 816. The molecule has 3 rings (SSSR count). The molecular formula is C15H9ClFNO2S2. The molecule has 0 aliphatic carbocycles. The number of nitrogens with zero attached hydrogens (tertiary/aromatic N) is 1. The molecule has 1 fully saturated rings. The molecule has 2 heterocycles. The molecule has 2 aromatic rings. The largest absolute Gasteiger partial charge is 0.462 e. The summed E-state index contributed by atoms with van der Waals surface area (Å²) in [6.45, 7) is 1.82. The molecule has 3 nitrogen and oxygen atoms in total. The maximum Gasteiger partial charge on any atom is 0.270 e. The van der Waals surface area contributed by atoms with Crippen LogP contribution in [0.15, 0.2) is 39.7 Å². The van der Waals surface area contributed by atoms with Crippen LogP contribution in [0.3, 0.4) is 0 Å². The van der Waals surface area contributed by atoms with Gasteiger partial charge in [-0.2, -0.15) is 0 Å². The van der Waals surface area contributed by atoms with Gasteiger partial charge in [-0.3, -0.25) is 9.69 Å². The number of halogens is 2. The van der Waals surface area contributed by atoms with Crippen molar-refractivity contribution in [2.24, 2.45) is 0 Å². The molecule has 7 heteroatoms. The van der Waals surface area contributed by atoms with E-state index in [1.807, 2.05) is 13.0 Å². The molecule has 0 unspecified atom stereocenters. The Kier molecular flexibility index (Phi) is 4.08. The van der Waals surface area contributed by atoms with E-state index >= 15 is 0 Å². The van der Waals surface area contributed by atoms with Gasteiger partial charge in [-0.1, -0.05) is 35.6 Å². The number of hydrogen-bond donors (Lipinski definition) is 0. The lowest BCUT2D eigenvalue weighted by Crippen LogP contribution is -2.27. The zero-order valence-electron chi connectivity index (χ0n) is 11.3. The standard InChI is InChI=1S/C15H9ClFNO2S2/c1-8-2-4-10(20-8)7-13-14(19)18(15(21)22-13)9-3-5-12(17)11(16)6-9/h2-7H,1H3/b13-7+. The molecule has 0 radical (unpaired) electrons. The maximum absolute atomic E-state index is 13.2. The fraction of sp³-hybridized carbons (Fsp3) is 0.0667.